The standard InChI is InChI=1S/C14H21BrN2O2/c1-16-8-3-9-17-14(18)7-5-11-4-6-13(19-2)12(15)10-11/h4,6,10,16H,3,5,7-9H2,1-2H3,(H,17,18). The molecule has 1 aromatic carbocycles. The molecule has 1 amide bonds. The first-order valence-corrected chi connectivity index (χ1v) is 7.20. The largest absolute Gasteiger partial charge is 0.496 e. The summed E-state index contributed by atoms with van der Waals surface area (Å²) in [5.41, 5.74) is 1.12. The number of amides is 1. The number of carbonyl (C=O) groups is 1. The smallest absolute Gasteiger partial charge is 0.220 e. The molecular weight excluding hydrogens is 308 g/mol. The summed E-state index contributed by atoms with van der Waals surface area (Å²) >= 11 is 3.44. The van der Waals surface area contributed by atoms with Gasteiger partial charge in [0.2, 0.25) is 5.91 Å². The Balaban J connectivity index is 2.32. The fraction of sp³-hybridized carbons (Fsp3) is 0.500. The van der Waals surface area contributed by atoms with Gasteiger partial charge in [0.25, 0.3) is 0 Å². The summed E-state index contributed by atoms with van der Waals surface area (Å²) in [6.07, 6.45) is 2.20. The Kier molecular flexibility index (Phi) is 7.52. The summed E-state index contributed by atoms with van der Waals surface area (Å²) < 4.78 is 6.09. The second kappa shape index (κ2) is 8.93. The van der Waals surface area contributed by atoms with E-state index in [0.717, 1.165) is 41.7 Å². The Morgan fingerprint density at radius 2 is 2.16 bits per heavy atom. The van der Waals surface area contributed by atoms with E-state index >= 15 is 0 Å². The minimum absolute atomic E-state index is 0.100. The minimum atomic E-state index is 0.100. The molecule has 0 unspecified atom stereocenters. The number of ether oxygens (including phenoxy) is 1. The number of methoxy groups -OCH3 is 1. The number of nitrogens with one attached hydrogen (secondary N) is 2. The highest BCUT2D eigenvalue weighted by molar-refractivity contribution is 9.10. The molecule has 5 heteroatoms. The van der Waals surface area contributed by atoms with Crippen molar-refractivity contribution in [3.05, 3.63) is 28.2 Å². The Labute approximate surface area is 123 Å². The zero-order valence-corrected chi connectivity index (χ0v) is 13.0. The lowest BCUT2D eigenvalue weighted by atomic mass is 10.1. The molecule has 0 aliphatic carbocycles. The van der Waals surface area contributed by atoms with Gasteiger partial charge in [-0.1, -0.05) is 6.07 Å². The normalized spacial score (nSPS) is 10.3. The van der Waals surface area contributed by atoms with E-state index in [-0.39, 0.29) is 5.91 Å². The molecule has 0 atom stereocenters. The van der Waals surface area contributed by atoms with Crippen molar-refractivity contribution in [1.29, 1.82) is 0 Å². The molecule has 0 saturated carbocycles. The zero-order valence-electron chi connectivity index (χ0n) is 11.5. The molecular formula is C14H21BrN2O2. The molecule has 0 aliphatic rings. The van der Waals surface area contributed by atoms with Crippen molar-refractivity contribution in [2.45, 2.75) is 19.3 Å². The van der Waals surface area contributed by atoms with Crippen LogP contribution in [-0.2, 0) is 11.2 Å². The Bertz CT molecular complexity index is 410. The summed E-state index contributed by atoms with van der Waals surface area (Å²) in [7, 11) is 3.54. The van der Waals surface area contributed by atoms with Crippen LogP contribution in [0, 0.1) is 0 Å². The lowest BCUT2D eigenvalue weighted by Crippen LogP contribution is -2.26. The lowest BCUT2D eigenvalue weighted by Gasteiger charge is -2.07. The van der Waals surface area contributed by atoms with E-state index in [2.05, 4.69) is 26.6 Å². The highest BCUT2D eigenvalue weighted by atomic mass is 79.9. The van der Waals surface area contributed by atoms with Gasteiger partial charge in [0.15, 0.2) is 0 Å². The average Bonchev–Trinajstić information content (AvgIpc) is 2.41. The summed E-state index contributed by atoms with van der Waals surface area (Å²) in [6.45, 7) is 1.65. The molecule has 19 heavy (non-hydrogen) atoms. The van der Waals surface area contributed by atoms with Crippen LogP contribution in [0.4, 0.5) is 0 Å². The van der Waals surface area contributed by atoms with Gasteiger partial charge in [-0.3, -0.25) is 4.79 Å². The van der Waals surface area contributed by atoms with E-state index in [1.165, 1.54) is 0 Å². The van der Waals surface area contributed by atoms with Crippen molar-refractivity contribution in [1.82, 2.24) is 10.6 Å². The minimum Gasteiger partial charge on any atom is -0.496 e. The predicted molar refractivity (Wildman–Crippen MR) is 80.6 cm³/mol. The van der Waals surface area contributed by atoms with E-state index in [1.807, 2.05) is 25.2 Å². The van der Waals surface area contributed by atoms with Gasteiger partial charge in [0, 0.05) is 13.0 Å². The Morgan fingerprint density at radius 3 is 2.79 bits per heavy atom. The number of hydrogen-bond donors (Lipinski definition) is 2. The first-order chi connectivity index (χ1) is 9.17. The van der Waals surface area contributed by atoms with Crippen molar-refractivity contribution < 1.29 is 9.53 Å². The summed E-state index contributed by atoms with van der Waals surface area (Å²) in [5, 5.41) is 5.96. The van der Waals surface area contributed by atoms with E-state index < -0.39 is 0 Å². The summed E-state index contributed by atoms with van der Waals surface area (Å²) in [6, 6.07) is 5.88. The van der Waals surface area contributed by atoms with Crippen molar-refractivity contribution in [3.8, 4) is 5.75 Å². The lowest BCUT2D eigenvalue weighted by molar-refractivity contribution is -0.121. The number of halogens is 1. The molecule has 0 aliphatic heterocycles. The maximum Gasteiger partial charge on any atom is 0.220 e. The molecule has 2 N–H and O–H groups in total. The van der Waals surface area contributed by atoms with Crippen LogP contribution in [0.15, 0.2) is 22.7 Å². The Morgan fingerprint density at radius 1 is 1.37 bits per heavy atom. The van der Waals surface area contributed by atoms with Crippen molar-refractivity contribution >= 4 is 21.8 Å². The summed E-state index contributed by atoms with van der Waals surface area (Å²) in [4.78, 5) is 11.6. The maximum atomic E-state index is 11.6. The number of aryl methyl sites for hydroxylation is 1. The third-order valence-corrected chi connectivity index (χ3v) is 3.40. The van der Waals surface area contributed by atoms with E-state index in [1.54, 1.807) is 7.11 Å². The maximum absolute atomic E-state index is 11.6. The molecule has 4 nitrogen and oxygen atoms in total. The second-order valence-electron chi connectivity index (χ2n) is 4.28. The number of benzene rings is 1. The quantitative estimate of drug-likeness (QED) is 0.719. The third kappa shape index (κ3) is 6.07. The van der Waals surface area contributed by atoms with Gasteiger partial charge in [-0.05, 0) is 60.1 Å². The molecule has 0 bridgehead atoms. The monoisotopic (exact) mass is 328 g/mol. The Hall–Kier alpha value is -1.07. The van der Waals surface area contributed by atoms with Crippen LogP contribution in [0.2, 0.25) is 0 Å². The highest BCUT2D eigenvalue weighted by Crippen LogP contribution is 2.25. The van der Waals surface area contributed by atoms with E-state index in [4.69, 9.17) is 4.74 Å². The fourth-order valence-electron chi connectivity index (χ4n) is 1.70. The van der Waals surface area contributed by atoms with Gasteiger partial charge < -0.3 is 15.4 Å². The fourth-order valence-corrected chi connectivity index (χ4v) is 2.29. The first kappa shape index (κ1) is 16.0. The molecule has 0 radical (unpaired) electrons. The van der Waals surface area contributed by atoms with Gasteiger partial charge in [-0.2, -0.15) is 0 Å². The zero-order chi connectivity index (χ0) is 14.1. The van der Waals surface area contributed by atoms with Crippen LogP contribution in [-0.4, -0.2) is 33.2 Å². The number of hydrogen-bond acceptors (Lipinski definition) is 3. The van der Waals surface area contributed by atoms with E-state index in [9.17, 15) is 4.79 Å². The average molecular weight is 329 g/mol. The number of carbonyl (C=O) groups excluding carboxylic acids is 1. The number of rotatable bonds is 8. The third-order valence-electron chi connectivity index (χ3n) is 2.78. The topological polar surface area (TPSA) is 50.4 Å². The van der Waals surface area contributed by atoms with Crippen LogP contribution in [0.25, 0.3) is 0 Å². The molecule has 106 valence electrons. The van der Waals surface area contributed by atoms with E-state index in [0.29, 0.717) is 6.42 Å². The molecule has 1 rings (SSSR count). The summed E-state index contributed by atoms with van der Waals surface area (Å²) in [5.74, 6) is 0.906. The van der Waals surface area contributed by atoms with Gasteiger partial charge in [-0.25, -0.2) is 0 Å². The molecule has 1 aromatic rings. The van der Waals surface area contributed by atoms with Crippen molar-refractivity contribution in [3.63, 3.8) is 0 Å². The first-order valence-electron chi connectivity index (χ1n) is 6.41. The van der Waals surface area contributed by atoms with Crippen LogP contribution in [0.1, 0.15) is 18.4 Å². The second-order valence-corrected chi connectivity index (χ2v) is 5.13. The molecule has 0 aromatic heterocycles. The van der Waals surface area contributed by atoms with Gasteiger partial charge in [-0.15, -0.1) is 0 Å². The van der Waals surface area contributed by atoms with Crippen molar-refractivity contribution in [2.24, 2.45) is 0 Å². The van der Waals surface area contributed by atoms with Gasteiger partial charge >= 0.3 is 0 Å². The molecule has 0 spiro atoms. The molecule has 0 fully saturated rings. The predicted octanol–water partition coefficient (Wildman–Crippen LogP) is 2.12. The van der Waals surface area contributed by atoms with Crippen LogP contribution < -0.4 is 15.4 Å². The van der Waals surface area contributed by atoms with Crippen LogP contribution in [0.5, 0.6) is 5.75 Å². The highest BCUT2D eigenvalue weighted by Gasteiger charge is 2.04. The van der Waals surface area contributed by atoms with Crippen molar-refractivity contribution in [2.75, 3.05) is 27.2 Å². The van der Waals surface area contributed by atoms with Crippen LogP contribution >= 0.6 is 15.9 Å². The molecule has 0 saturated heterocycles. The van der Waals surface area contributed by atoms with Gasteiger partial charge in [0.1, 0.15) is 5.75 Å². The van der Waals surface area contributed by atoms with Crippen LogP contribution in [0.3, 0.4) is 0 Å². The van der Waals surface area contributed by atoms with Gasteiger partial charge in [0.05, 0.1) is 11.6 Å². The molecule has 0 heterocycles. The SMILES string of the molecule is CNCCCNC(=O)CCc1ccc(OC)c(Br)c1.